The van der Waals surface area contributed by atoms with Gasteiger partial charge in [0.05, 0.1) is 16.9 Å². The first-order valence-corrected chi connectivity index (χ1v) is 13.0. The highest BCUT2D eigenvalue weighted by Crippen LogP contribution is 2.56. The van der Waals surface area contributed by atoms with Gasteiger partial charge in [0.1, 0.15) is 10.8 Å². The summed E-state index contributed by atoms with van der Waals surface area (Å²) in [5.74, 6) is -0.702. The van der Waals surface area contributed by atoms with Gasteiger partial charge < -0.3 is 4.90 Å². The number of hydrogen-bond donors (Lipinski definition) is 0. The van der Waals surface area contributed by atoms with Crippen LogP contribution in [-0.4, -0.2) is 34.5 Å². The molecule has 0 radical (unpaired) electrons. The van der Waals surface area contributed by atoms with Crippen LogP contribution in [0, 0.1) is 19.7 Å². The number of nitrogens with zero attached hydrogens (tertiary/aromatic N) is 3. The summed E-state index contributed by atoms with van der Waals surface area (Å²) in [6.07, 6.45) is 2.48. The molecule has 1 amide bonds. The number of benzene rings is 2. The van der Waals surface area contributed by atoms with Crippen LogP contribution in [-0.2, 0) is 0 Å². The Balaban J connectivity index is 1.55. The highest BCUT2D eigenvalue weighted by atomic mass is 35.5. The Bertz CT molecular complexity index is 1650. The first-order valence-electron chi connectivity index (χ1n) is 12.2. The van der Waals surface area contributed by atoms with E-state index in [-0.39, 0.29) is 33.5 Å². The molecule has 0 aliphatic heterocycles. The SMILES string of the molecule is Cc1cnc(-c2cccc(C(=O)N(C)C)c2F)cc1-n1c(C)cc([C@H]2C[C@@H]2c2cccc(Cl)c2)c(Cl)c1=O. The van der Waals surface area contributed by atoms with E-state index in [1.165, 1.54) is 15.5 Å². The van der Waals surface area contributed by atoms with Crippen molar-refractivity contribution in [3.05, 3.63) is 115 Å². The molecule has 0 unspecified atom stereocenters. The van der Waals surface area contributed by atoms with Crippen LogP contribution in [0.25, 0.3) is 16.9 Å². The molecule has 1 saturated carbocycles. The molecular weight excluding hydrogens is 524 g/mol. The van der Waals surface area contributed by atoms with Crippen LogP contribution < -0.4 is 5.56 Å². The minimum Gasteiger partial charge on any atom is -0.345 e. The molecule has 4 aromatic rings. The van der Waals surface area contributed by atoms with Crippen molar-refractivity contribution in [1.82, 2.24) is 14.5 Å². The largest absolute Gasteiger partial charge is 0.345 e. The summed E-state index contributed by atoms with van der Waals surface area (Å²) < 4.78 is 16.9. The summed E-state index contributed by atoms with van der Waals surface area (Å²) in [5.41, 5.74) is 4.05. The first kappa shape index (κ1) is 26.1. The third-order valence-corrected chi connectivity index (χ3v) is 7.67. The molecule has 38 heavy (non-hydrogen) atoms. The van der Waals surface area contributed by atoms with Crippen LogP contribution in [0.15, 0.2) is 65.6 Å². The lowest BCUT2D eigenvalue weighted by molar-refractivity contribution is 0.0823. The Hall–Kier alpha value is -3.48. The summed E-state index contributed by atoms with van der Waals surface area (Å²) >= 11 is 12.9. The van der Waals surface area contributed by atoms with Crippen molar-refractivity contribution in [2.45, 2.75) is 32.1 Å². The van der Waals surface area contributed by atoms with E-state index in [4.69, 9.17) is 23.2 Å². The minimum atomic E-state index is -0.660. The molecule has 194 valence electrons. The number of aryl methyl sites for hydroxylation is 2. The predicted octanol–water partition coefficient (Wildman–Crippen LogP) is 6.94. The minimum absolute atomic E-state index is 0.0455. The summed E-state index contributed by atoms with van der Waals surface area (Å²) in [5, 5.41) is 0.857. The van der Waals surface area contributed by atoms with Crippen molar-refractivity contribution < 1.29 is 9.18 Å². The van der Waals surface area contributed by atoms with Gasteiger partial charge >= 0.3 is 0 Å². The fourth-order valence-corrected chi connectivity index (χ4v) is 5.46. The Morgan fingerprint density at radius 1 is 1.05 bits per heavy atom. The smallest absolute Gasteiger partial charge is 0.274 e. The standard InChI is InChI=1S/C30H26Cl2FN3O2/c1-16-15-34-25(20-9-6-10-21(28(20)33)29(37)35(3)4)14-26(16)36-17(2)11-24(27(32)30(36)38)23-13-22(23)18-7-5-8-19(31)12-18/h5-12,14-15,22-23H,13H2,1-4H3/t22-,23+/m1/s1. The van der Waals surface area contributed by atoms with Crippen LogP contribution in [0.4, 0.5) is 4.39 Å². The second kappa shape index (κ2) is 10.0. The van der Waals surface area contributed by atoms with E-state index >= 15 is 4.39 Å². The van der Waals surface area contributed by atoms with Gasteiger partial charge in [-0.1, -0.05) is 41.4 Å². The maximum Gasteiger partial charge on any atom is 0.274 e. The van der Waals surface area contributed by atoms with Crippen LogP contribution in [0.1, 0.15) is 51.0 Å². The molecule has 8 heteroatoms. The second-order valence-electron chi connectivity index (χ2n) is 9.92. The van der Waals surface area contributed by atoms with Gasteiger partial charge in [-0.3, -0.25) is 19.1 Å². The van der Waals surface area contributed by atoms with Crippen molar-refractivity contribution in [2.24, 2.45) is 0 Å². The number of halogens is 3. The second-order valence-corrected chi connectivity index (χ2v) is 10.7. The van der Waals surface area contributed by atoms with E-state index in [0.717, 1.165) is 23.1 Å². The fourth-order valence-electron chi connectivity index (χ4n) is 4.99. The number of pyridine rings is 2. The van der Waals surface area contributed by atoms with Gasteiger partial charge in [0.2, 0.25) is 0 Å². The van der Waals surface area contributed by atoms with E-state index in [9.17, 15) is 9.59 Å². The highest BCUT2D eigenvalue weighted by molar-refractivity contribution is 6.31. The quantitative estimate of drug-likeness (QED) is 0.271. The molecule has 0 bridgehead atoms. The number of rotatable bonds is 5. The third kappa shape index (κ3) is 4.63. The average Bonchev–Trinajstić information content (AvgIpc) is 3.68. The topological polar surface area (TPSA) is 55.2 Å². The molecule has 2 atom stereocenters. The molecule has 2 aromatic carbocycles. The highest BCUT2D eigenvalue weighted by Gasteiger charge is 2.41. The number of amides is 1. The molecule has 1 fully saturated rings. The number of carbonyl (C=O) groups excluding carboxylic acids is 1. The lowest BCUT2D eigenvalue weighted by Gasteiger charge is -2.17. The van der Waals surface area contributed by atoms with E-state index in [1.54, 1.807) is 38.5 Å². The molecule has 2 aromatic heterocycles. The predicted molar refractivity (Wildman–Crippen MR) is 149 cm³/mol. The van der Waals surface area contributed by atoms with E-state index in [0.29, 0.717) is 22.1 Å². The Morgan fingerprint density at radius 2 is 1.79 bits per heavy atom. The Labute approximate surface area is 230 Å². The zero-order chi connectivity index (χ0) is 27.3. The van der Waals surface area contributed by atoms with E-state index < -0.39 is 11.7 Å². The zero-order valence-electron chi connectivity index (χ0n) is 21.4. The van der Waals surface area contributed by atoms with Crippen molar-refractivity contribution in [2.75, 3.05) is 14.1 Å². The number of hydrogen-bond acceptors (Lipinski definition) is 3. The van der Waals surface area contributed by atoms with E-state index in [1.807, 2.05) is 44.2 Å². The van der Waals surface area contributed by atoms with Gasteiger partial charge in [-0.25, -0.2) is 4.39 Å². The van der Waals surface area contributed by atoms with Gasteiger partial charge in [-0.15, -0.1) is 0 Å². The Morgan fingerprint density at radius 3 is 2.50 bits per heavy atom. The summed E-state index contributed by atoms with van der Waals surface area (Å²) in [6.45, 7) is 3.69. The molecule has 5 rings (SSSR count). The molecule has 0 saturated heterocycles. The average molecular weight is 550 g/mol. The molecule has 1 aliphatic carbocycles. The van der Waals surface area contributed by atoms with Gasteiger partial charge in [0.15, 0.2) is 0 Å². The maximum absolute atomic E-state index is 15.4. The molecule has 5 nitrogen and oxygen atoms in total. The summed E-state index contributed by atoms with van der Waals surface area (Å²) in [4.78, 5) is 31.8. The van der Waals surface area contributed by atoms with Crippen molar-refractivity contribution in [3.63, 3.8) is 0 Å². The van der Waals surface area contributed by atoms with Gasteiger partial charge in [0, 0.05) is 36.6 Å². The fraction of sp³-hybridized carbons (Fsp3) is 0.233. The monoisotopic (exact) mass is 549 g/mol. The van der Waals surface area contributed by atoms with Crippen molar-refractivity contribution >= 4 is 29.1 Å². The van der Waals surface area contributed by atoms with Crippen LogP contribution in [0.3, 0.4) is 0 Å². The normalized spacial score (nSPS) is 16.4. The summed E-state index contributed by atoms with van der Waals surface area (Å²) in [6, 6.07) is 16.0. The molecule has 1 aliphatic rings. The molecule has 0 N–H and O–H groups in total. The molecule has 0 spiro atoms. The van der Waals surface area contributed by atoms with Crippen molar-refractivity contribution in [1.29, 1.82) is 0 Å². The molecule has 2 heterocycles. The summed E-state index contributed by atoms with van der Waals surface area (Å²) in [7, 11) is 3.14. The van der Waals surface area contributed by atoms with Crippen molar-refractivity contribution in [3.8, 4) is 16.9 Å². The van der Waals surface area contributed by atoms with E-state index in [2.05, 4.69) is 4.98 Å². The zero-order valence-corrected chi connectivity index (χ0v) is 22.9. The van der Waals surface area contributed by atoms with Crippen LogP contribution in [0.5, 0.6) is 0 Å². The van der Waals surface area contributed by atoms with Gasteiger partial charge in [-0.2, -0.15) is 0 Å². The maximum atomic E-state index is 15.4. The van der Waals surface area contributed by atoms with Crippen LogP contribution >= 0.6 is 23.2 Å². The number of carbonyl (C=O) groups is 1. The number of aromatic nitrogens is 2. The van der Waals surface area contributed by atoms with Gasteiger partial charge in [0.25, 0.3) is 11.5 Å². The lowest BCUT2D eigenvalue weighted by Crippen LogP contribution is -2.23. The first-order chi connectivity index (χ1) is 18.1. The molecular formula is C30H26Cl2FN3O2. The third-order valence-electron chi connectivity index (χ3n) is 7.06. The van der Waals surface area contributed by atoms with Crippen LogP contribution in [0.2, 0.25) is 10.0 Å². The Kier molecular flexibility index (Phi) is 6.88. The lowest BCUT2D eigenvalue weighted by atomic mass is 10.0. The van der Waals surface area contributed by atoms with Gasteiger partial charge in [-0.05, 0) is 85.2 Å².